The van der Waals surface area contributed by atoms with Gasteiger partial charge in [0.25, 0.3) is 0 Å². The van der Waals surface area contributed by atoms with Gasteiger partial charge in [-0.15, -0.1) is 11.3 Å². The summed E-state index contributed by atoms with van der Waals surface area (Å²) < 4.78 is 28.6. The van der Waals surface area contributed by atoms with E-state index in [1.807, 2.05) is 93.6 Å². The fourth-order valence-corrected chi connectivity index (χ4v) is 10.9. The second kappa shape index (κ2) is 22.5. The molecule has 4 amide bonds. The summed E-state index contributed by atoms with van der Waals surface area (Å²) in [6.07, 6.45) is 1.41. The fourth-order valence-electron chi connectivity index (χ4n) is 8.64. The summed E-state index contributed by atoms with van der Waals surface area (Å²) >= 11 is 1.57. The number of amides is 4. The number of aliphatic hydroxyl groups is 1. The van der Waals surface area contributed by atoms with Crippen molar-refractivity contribution in [3.63, 3.8) is 0 Å². The molecule has 3 aromatic carbocycles. The predicted octanol–water partition coefficient (Wildman–Crippen LogP) is 6.41. The Kier molecular flexibility index (Phi) is 16.7. The van der Waals surface area contributed by atoms with Crippen molar-refractivity contribution in [1.29, 1.82) is 0 Å². The third-order valence-corrected chi connectivity index (χ3v) is 15.2. The number of carbonyl (C=O) groups is 4. The second-order valence-electron chi connectivity index (χ2n) is 20.6. The van der Waals surface area contributed by atoms with Crippen LogP contribution in [0.5, 0.6) is 0 Å². The first kappa shape index (κ1) is 53.3. The molecule has 4 heterocycles. The highest BCUT2D eigenvalue weighted by Gasteiger charge is 2.44. The molecule has 72 heavy (non-hydrogen) atoms. The Bertz CT molecular complexity index is 2840. The first-order valence-electron chi connectivity index (χ1n) is 24.2. The molecule has 2 aliphatic rings. The third-order valence-electron chi connectivity index (χ3n) is 12.4. The van der Waals surface area contributed by atoms with Crippen molar-refractivity contribution in [3.8, 4) is 10.4 Å². The number of hydrogen-bond acceptors (Lipinski definition) is 14. The van der Waals surface area contributed by atoms with Gasteiger partial charge in [-0.25, -0.2) is 23.1 Å². The van der Waals surface area contributed by atoms with Crippen LogP contribution in [-0.4, -0.2) is 118 Å². The Morgan fingerprint density at radius 2 is 1.57 bits per heavy atom. The first-order chi connectivity index (χ1) is 34.0. The summed E-state index contributed by atoms with van der Waals surface area (Å²) in [6.45, 7) is 17.2. The van der Waals surface area contributed by atoms with E-state index < -0.39 is 45.1 Å². The van der Waals surface area contributed by atoms with Crippen LogP contribution in [0.15, 0.2) is 89.4 Å². The molecule has 7 rings (SSSR count). The Balaban J connectivity index is 0.848. The van der Waals surface area contributed by atoms with Gasteiger partial charge in [-0.05, 0) is 100 Å². The number of sulfonamides is 1. The number of β-amino-alcohol motifs (C(OH)–C–C–N with tert-alkyl or cyclic N) is 1. The molecule has 2 aliphatic heterocycles. The lowest BCUT2D eigenvalue weighted by Crippen LogP contribution is -2.57. The van der Waals surface area contributed by atoms with Gasteiger partial charge in [0, 0.05) is 92.9 Å². The average molecular weight is 1020 g/mol. The Morgan fingerprint density at radius 1 is 0.861 bits per heavy atom. The molecule has 0 saturated carbocycles. The van der Waals surface area contributed by atoms with Gasteiger partial charge in [-0.1, -0.05) is 51.1 Å². The quantitative estimate of drug-likeness (QED) is 0.0592. The van der Waals surface area contributed by atoms with Gasteiger partial charge in [-0.2, -0.15) is 4.98 Å². The van der Waals surface area contributed by atoms with E-state index in [0.29, 0.717) is 50.1 Å². The number of aliphatic hydroxyl groups excluding tert-OH is 1. The second-order valence-corrected chi connectivity index (χ2v) is 23.1. The van der Waals surface area contributed by atoms with Crippen molar-refractivity contribution < 1.29 is 32.7 Å². The minimum atomic E-state index is -3.73. The number of rotatable bonds is 17. The van der Waals surface area contributed by atoms with E-state index in [2.05, 4.69) is 45.8 Å². The molecule has 5 aromatic rings. The van der Waals surface area contributed by atoms with Crippen LogP contribution in [0.2, 0.25) is 0 Å². The molecule has 2 aromatic heterocycles. The van der Waals surface area contributed by atoms with Crippen molar-refractivity contribution in [2.75, 3.05) is 48.3 Å². The molecule has 0 spiro atoms. The Labute approximate surface area is 426 Å². The molecule has 20 heteroatoms. The summed E-state index contributed by atoms with van der Waals surface area (Å²) in [5.41, 5.74) is 6.45. The van der Waals surface area contributed by atoms with Gasteiger partial charge >= 0.3 is 0 Å². The van der Waals surface area contributed by atoms with Crippen molar-refractivity contribution >= 4 is 73.8 Å². The lowest BCUT2D eigenvalue weighted by molar-refractivity contribution is -0.144. The van der Waals surface area contributed by atoms with Gasteiger partial charge in [0.15, 0.2) is 0 Å². The van der Waals surface area contributed by atoms with Crippen LogP contribution in [0.1, 0.15) is 84.0 Å². The topological polar surface area (TPSA) is 231 Å². The van der Waals surface area contributed by atoms with Crippen molar-refractivity contribution in [3.05, 3.63) is 101 Å². The highest BCUT2D eigenvalue weighted by Crippen LogP contribution is 2.30. The first-order valence-corrected chi connectivity index (χ1v) is 26.6. The molecule has 0 unspecified atom stereocenters. The maximum atomic E-state index is 14.1. The molecule has 0 aliphatic carbocycles. The van der Waals surface area contributed by atoms with Crippen LogP contribution < -0.4 is 30.9 Å². The number of anilines is 5. The van der Waals surface area contributed by atoms with Crippen molar-refractivity contribution in [2.24, 2.45) is 5.41 Å². The Hall–Kier alpha value is -6.48. The summed E-state index contributed by atoms with van der Waals surface area (Å²) in [7, 11) is -3.73. The summed E-state index contributed by atoms with van der Waals surface area (Å²) in [5.74, 6) is -0.348. The van der Waals surface area contributed by atoms with E-state index in [-0.39, 0.29) is 55.0 Å². The molecular weight excluding hydrogens is 955 g/mol. The van der Waals surface area contributed by atoms with Crippen LogP contribution in [0.25, 0.3) is 10.4 Å². The highest BCUT2D eigenvalue weighted by molar-refractivity contribution is 7.89. The van der Waals surface area contributed by atoms with E-state index in [4.69, 9.17) is 0 Å². The van der Waals surface area contributed by atoms with Gasteiger partial charge in [-0.3, -0.25) is 19.2 Å². The number of aromatic nitrogens is 3. The molecule has 0 bridgehead atoms. The summed E-state index contributed by atoms with van der Waals surface area (Å²) in [4.78, 5) is 74.3. The molecule has 2 saturated heterocycles. The van der Waals surface area contributed by atoms with E-state index in [1.165, 1.54) is 4.90 Å². The molecule has 3 atom stereocenters. The minimum Gasteiger partial charge on any atom is -0.391 e. The lowest BCUT2D eigenvalue weighted by atomic mass is 9.85. The van der Waals surface area contributed by atoms with Crippen molar-refractivity contribution in [1.82, 2.24) is 40.1 Å². The normalized spacial score (nSPS) is 16.8. The zero-order chi connectivity index (χ0) is 52.0. The van der Waals surface area contributed by atoms with Crippen LogP contribution in [-0.2, 0) is 35.7 Å². The lowest BCUT2D eigenvalue weighted by Gasteiger charge is -2.36. The number of carbonyl (C=O) groups excluding carboxylic acids is 4. The number of nitrogens with one attached hydrogen (secondary N) is 5. The zero-order valence-corrected chi connectivity index (χ0v) is 43.9. The molecule has 6 N–H and O–H groups in total. The Morgan fingerprint density at radius 3 is 2.22 bits per heavy atom. The van der Waals surface area contributed by atoms with Crippen LogP contribution >= 0.6 is 11.3 Å². The molecule has 2 fully saturated rings. The predicted molar refractivity (Wildman–Crippen MR) is 281 cm³/mol. The number of aryl methyl sites for hydroxylation is 2. The van der Waals surface area contributed by atoms with Gasteiger partial charge in [0.05, 0.1) is 27.1 Å². The summed E-state index contributed by atoms with van der Waals surface area (Å²) in [6, 6.07) is 20.4. The van der Waals surface area contributed by atoms with E-state index in [9.17, 15) is 32.7 Å². The molecule has 384 valence electrons. The largest absolute Gasteiger partial charge is 0.391 e. The van der Waals surface area contributed by atoms with E-state index in [0.717, 1.165) is 38.6 Å². The standard InChI is InChI=1S/C52H67N11O7S2/c1-33-29-54-50(59-47(33)56-38-11-9-12-41(27-38)72(69,70)60-52(6,7)8)57-37-19-21-39(22-20-37)61-23-25-62(26-24-61)44(66)14-10-13-43(65)58-46(51(3,4)5)49(68)63-31-40(64)28-42(63)48(67)53-30-35-15-17-36(18-16-35)45-34(2)55-32-71-45/h9,11-12,15-22,27,29,32,40,42,46,60,64H,10,13-14,23-26,28,30-31H2,1-8H3,(H,53,67)(H,58,65)(H2,54,56,57,59)/t40-,42+,46-/m1/s1. The highest BCUT2D eigenvalue weighted by atomic mass is 32.2. The van der Waals surface area contributed by atoms with Crippen LogP contribution in [0, 0.1) is 19.3 Å². The number of nitrogens with zero attached hydrogens (tertiary/aromatic N) is 6. The van der Waals surface area contributed by atoms with Gasteiger partial charge < -0.3 is 41.1 Å². The number of thiazole rings is 1. The maximum Gasteiger partial charge on any atom is 0.246 e. The summed E-state index contributed by atoms with van der Waals surface area (Å²) in [5, 5.41) is 22.9. The van der Waals surface area contributed by atoms with Crippen molar-refractivity contribution in [2.45, 2.75) is 116 Å². The average Bonchev–Trinajstić information content (AvgIpc) is 3.95. The maximum absolute atomic E-state index is 14.1. The van der Waals surface area contributed by atoms with Gasteiger partial charge in [0.1, 0.15) is 17.9 Å². The number of likely N-dealkylation sites (tertiary alicyclic amines) is 1. The monoisotopic (exact) mass is 1020 g/mol. The van der Waals surface area contributed by atoms with Crippen LogP contribution in [0.3, 0.4) is 0 Å². The van der Waals surface area contributed by atoms with Crippen LogP contribution in [0.4, 0.5) is 28.8 Å². The smallest absolute Gasteiger partial charge is 0.246 e. The fraction of sp³-hybridized carbons (Fsp3) is 0.442. The molecular formula is C52H67N11O7S2. The third kappa shape index (κ3) is 13.9. The zero-order valence-electron chi connectivity index (χ0n) is 42.3. The number of piperazine rings is 1. The molecule has 18 nitrogen and oxygen atoms in total. The van der Waals surface area contributed by atoms with E-state index >= 15 is 0 Å². The number of hydrogen-bond donors (Lipinski definition) is 6. The number of benzene rings is 3. The SMILES string of the molecule is Cc1cnc(Nc2ccc(N3CCN(C(=O)CCCC(=O)N[C@H](C(=O)N4C[C@H](O)C[C@H]4C(=O)NCc4ccc(-c5scnc5C)cc4)C(C)(C)C)CC3)cc2)nc1Nc1cccc(S(=O)(=O)NC(C)(C)C)c1. The molecule has 0 radical (unpaired) electrons. The minimum absolute atomic E-state index is 0.0246. The van der Waals surface area contributed by atoms with E-state index in [1.54, 1.807) is 62.6 Å². The van der Waals surface area contributed by atoms with Gasteiger partial charge in [0.2, 0.25) is 39.6 Å².